The van der Waals surface area contributed by atoms with Gasteiger partial charge < -0.3 is 4.57 Å². The number of fused-ring (bicyclic) bond motifs is 1. The fraction of sp³-hybridized carbons (Fsp3) is 0.235. The van der Waals surface area contributed by atoms with Crippen LogP contribution < -0.4 is 0 Å². The lowest BCUT2D eigenvalue weighted by atomic mass is 10.1. The first-order valence-electron chi connectivity index (χ1n) is 6.96. The summed E-state index contributed by atoms with van der Waals surface area (Å²) in [6.07, 6.45) is 0.933. The Balaban J connectivity index is 2.04. The quantitative estimate of drug-likeness (QED) is 0.602. The summed E-state index contributed by atoms with van der Waals surface area (Å²) >= 11 is 12.3. The zero-order valence-electron chi connectivity index (χ0n) is 11.8. The minimum atomic E-state index is 0.268. The molecule has 108 valence electrons. The van der Waals surface area contributed by atoms with Gasteiger partial charge in [-0.3, -0.25) is 0 Å². The van der Waals surface area contributed by atoms with Crippen LogP contribution in [-0.4, -0.2) is 9.55 Å². The van der Waals surface area contributed by atoms with Crippen LogP contribution in [0.4, 0.5) is 0 Å². The molecule has 0 aliphatic heterocycles. The maximum Gasteiger partial charge on any atom is 0.125 e. The first kappa shape index (κ1) is 14.4. The molecule has 0 amide bonds. The second-order valence-electron chi connectivity index (χ2n) is 5.18. The molecule has 2 aromatic carbocycles. The fourth-order valence-electron chi connectivity index (χ4n) is 2.76. The highest BCUT2D eigenvalue weighted by atomic mass is 35.5. The lowest BCUT2D eigenvalue weighted by molar-refractivity contribution is 0.543. The average molecular weight is 319 g/mol. The molecule has 0 saturated carbocycles. The number of para-hydroxylation sites is 1. The molecule has 3 rings (SSSR count). The number of halogens is 2. The number of alkyl halides is 1. The smallest absolute Gasteiger partial charge is 0.125 e. The minimum absolute atomic E-state index is 0.268. The Hall–Kier alpha value is -1.51. The topological polar surface area (TPSA) is 17.8 Å². The average Bonchev–Trinajstić information content (AvgIpc) is 2.88. The molecule has 0 radical (unpaired) electrons. The summed E-state index contributed by atoms with van der Waals surface area (Å²) < 4.78 is 2.20. The molecule has 1 heterocycles. The lowest BCUT2D eigenvalue weighted by Gasteiger charge is -2.17. The molecule has 0 aliphatic carbocycles. The van der Waals surface area contributed by atoms with Crippen molar-refractivity contribution in [1.82, 2.24) is 9.55 Å². The van der Waals surface area contributed by atoms with E-state index in [-0.39, 0.29) is 6.04 Å². The van der Waals surface area contributed by atoms with Gasteiger partial charge in [-0.1, -0.05) is 48.0 Å². The van der Waals surface area contributed by atoms with E-state index >= 15 is 0 Å². The fourth-order valence-corrected chi connectivity index (χ4v) is 3.16. The van der Waals surface area contributed by atoms with Crippen molar-refractivity contribution >= 4 is 34.2 Å². The van der Waals surface area contributed by atoms with Crippen molar-refractivity contribution in [3.8, 4) is 0 Å². The van der Waals surface area contributed by atoms with Crippen LogP contribution in [0.15, 0.2) is 48.5 Å². The predicted molar refractivity (Wildman–Crippen MR) is 89.2 cm³/mol. The maximum atomic E-state index is 6.25. The molecule has 0 bridgehead atoms. The zero-order chi connectivity index (χ0) is 14.8. The number of benzene rings is 2. The van der Waals surface area contributed by atoms with Gasteiger partial charge in [0.1, 0.15) is 11.3 Å². The van der Waals surface area contributed by atoms with Gasteiger partial charge in [0, 0.05) is 6.04 Å². The molecule has 4 heteroatoms. The summed E-state index contributed by atoms with van der Waals surface area (Å²) in [5.74, 6) is 1.24. The van der Waals surface area contributed by atoms with E-state index < -0.39 is 0 Å². The molecule has 2 nitrogen and oxygen atoms in total. The molecule has 0 spiro atoms. The van der Waals surface area contributed by atoms with Crippen LogP contribution in [0.1, 0.15) is 24.4 Å². The van der Waals surface area contributed by atoms with Crippen LogP contribution in [-0.2, 0) is 12.3 Å². The Morgan fingerprint density at radius 1 is 1.10 bits per heavy atom. The molecule has 1 aromatic heterocycles. The van der Waals surface area contributed by atoms with Crippen molar-refractivity contribution in [2.75, 3.05) is 0 Å². The van der Waals surface area contributed by atoms with E-state index in [4.69, 9.17) is 23.2 Å². The van der Waals surface area contributed by atoms with Crippen LogP contribution in [0.2, 0.25) is 5.02 Å². The summed E-state index contributed by atoms with van der Waals surface area (Å²) in [5.41, 5.74) is 3.17. The van der Waals surface area contributed by atoms with E-state index in [2.05, 4.69) is 40.7 Å². The predicted octanol–water partition coefficient (Wildman–Crippen LogP) is 5.23. The normalized spacial score (nSPS) is 12.7. The SMILES string of the molecule is CC(Cc1ccccc1)n1c(CCl)nc2c(Cl)cccc21. The first-order chi connectivity index (χ1) is 10.2. The van der Waals surface area contributed by atoms with E-state index in [1.807, 2.05) is 24.3 Å². The molecular weight excluding hydrogens is 303 g/mol. The summed E-state index contributed by atoms with van der Waals surface area (Å²) in [4.78, 5) is 4.59. The molecule has 0 saturated heterocycles. The van der Waals surface area contributed by atoms with E-state index in [1.165, 1.54) is 5.56 Å². The highest BCUT2D eigenvalue weighted by Gasteiger charge is 2.17. The van der Waals surface area contributed by atoms with Gasteiger partial charge in [-0.15, -0.1) is 11.6 Å². The summed E-state index contributed by atoms with van der Waals surface area (Å²) in [6, 6.07) is 16.6. The Bertz CT molecular complexity index is 750. The Kier molecular flexibility index (Phi) is 4.18. The van der Waals surface area contributed by atoms with Crippen LogP contribution in [0.3, 0.4) is 0 Å². The van der Waals surface area contributed by atoms with Gasteiger partial charge in [0.15, 0.2) is 0 Å². The number of imidazole rings is 1. The third kappa shape index (κ3) is 2.78. The third-order valence-electron chi connectivity index (χ3n) is 3.68. The van der Waals surface area contributed by atoms with E-state index in [1.54, 1.807) is 0 Å². The number of hydrogen-bond donors (Lipinski definition) is 0. The van der Waals surface area contributed by atoms with E-state index in [0.717, 1.165) is 23.3 Å². The molecule has 0 N–H and O–H groups in total. The number of nitrogens with zero attached hydrogens (tertiary/aromatic N) is 2. The van der Waals surface area contributed by atoms with Gasteiger partial charge in [0.25, 0.3) is 0 Å². The number of rotatable bonds is 4. The van der Waals surface area contributed by atoms with Crippen LogP contribution in [0.5, 0.6) is 0 Å². The summed E-state index contributed by atoms with van der Waals surface area (Å²) in [6.45, 7) is 2.19. The van der Waals surface area contributed by atoms with Crippen molar-refractivity contribution in [2.45, 2.75) is 25.3 Å². The van der Waals surface area contributed by atoms with Gasteiger partial charge >= 0.3 is 0 Å². The molecule has 1 unspecified atom stereocenters. The highest BCUT2D eigenvalue weighted by Crippen LogP contribution is 2.28. The van der Waals surface area contributed by atoms with Crippen molar-refractivity contribution in [2.24, 2.45) is 0 Å². The monoisotopic (exact) mass is 318 g/mol. The lowest BCUT2D eigenvalue weighted by Crippen LogP contribution is -2.11. The standard InChI is InChI=1S/C17H16Cl2N2/c1-12(10-13-6-3-2-4-7-13)21-15-9-5-8-14(19)17(15)20-16(21)11-18/h2-9,12H,10-11H2,1H3. The number of aromatic nitrogens is 2. The Morgan fingerprint density at radius 2 is 1.86 bits per heavy atom. The first-order valence-corrected chi connectivity index (χ1v) is 7.87. The minimum Gasteiger partial charge on any atom is -0.324 e. The molecule has 21 heavy (non-hydrogen) atoms. The van der Waals surface area contributed by atoms with Crippen LogP contribution >= 0.6 is 23.2 Å². The van der Waals surface area contributed by atoms with Gasteiger partial charge in [0.05, 0.1) is 16.4 Å². The second kappa shape index (κ2) is 6.08. The third-order valence-corrected chi connectivity index (χ3v) is 4.22. The van der Waals surface area contributed by atoms with Gasteiger partial charge in [-0.05, 0) is 31.0 Å². The van der Waals surface area contributed by atoms with Gasteiger partial charge in [-0.25, -0.2) is 4.98 Å². The summed E-state index contributed by atoms with van der Waals surface area (Å²) in [7, 11) is 0. The second-order valence-corrected chi connectivity index (χ2v) is 5.85. The van der Waals surface area contributed by atoms with Crippen molar-refractivity contribution in [3.63, 3.8) is 0 Å². The van der Waals surface area contributed by atoms with E-state index in [9.17, 15) is 0 Å². The van der Waals surface area contributed by atoms with Crippen molar-refractivity contribution < 1.29 is 0 Å². The summed E-state index contributed by atoms with van der Waals surface area (Å²) in [5, 5.41) is 0.671. The Morgan fingerprint density at radius 3 is 2.57 bits per heavy atom. The highest BCUT2D eigenvalue weighted by molar-refractivity contribution is 6.35. The van der Waals surface area contributed by atoms with Crippen LogP contribution in [0, 0.1) is 0 Å². The maximum absolute atomic E-state index is 6.25. The Labute approximate surface area is 134 Å². The largest absolute Gasteiger partial charge is 0.324 e. The van der Waals surface area contributed by atoms with Crippen molar-refractivity contribution in [1.29, 1.82) is 0 Å². The van der Waals surface area contributed by atoms with Gasteiger partial charge in [-0.2, -0.15) is 0 Å². The molecule has 0 fully saturated rings. The van der Waals surface area contributed by atoms with Gasteiger partial charge in [0.2, 0.25) is 0 Å². The van der Waals surface area contributed by atoms with E-state index in [0.29, 0.717) is 10.9 Å². The zero-order valence-corrected chi connectivity index (χ0v) is 13.3. The number of hydrogen-bond acceptors (Lipinski definition) is 1. The molecule has 3 aromatic rings. The molecular formula is C17H16Cl2N2. The van der Waals surface area contributed by atoms with Crippen LogP contribution in [0.25, 0.3) is 11.0 Å². The molecule has 1 atom stereocenters. The van der Waals surface area contributed by atoms with Crippen molar-refractivity contribution in [3.05, 3.63) is 64.9 Å². The molecule has 0 aliphatic rings.